The predicted molar refractivity (Wildman–Crippen MR) is 65.8 cm³/mol. The Kier molecular flexibility index (Phi) is 4.50. The number of rotatable bonds is 5. The Bertz CT molecular complexity index is 355. The third-order valence-corrected chi connectivity index (χ3v) is 2.29. The molecule has 0 aromatic carbocycles. The summed E-state index contributed by atoms with van der Waals surface area (Å²) in [6.07, 6.45) is 1.88. The van der Waals surface area contributed by atoms with Crippen LogP contribution in [0.15, 0.2) is 6.07 Å². The van der Waals surface area contributed by atoms with Gasteiger partial charge in [-0.25, -0.2) is 9.97 Å². The highest BCUT2D eigenvalue weighted by Crippen LogP contribution is 2.15. The number of hydrogen-bond donors (Lipinski definition) is 2. The second kappa shape index (κ2) is 5.46. The van der Waals surface area contributed by atoms with Gasteiger partial charge in [-0.15, -0.1) is 0 Å². The minimum atomic E-state index is -0.450. The van der Waals surface area contributed by atoms with Gasteiger partial charge in [0, 0.05) is 5.69 Å². The standard InChI is InChI=1S/C11H18ClN3O/c1-4-5-8-6-9(12)14-10(13-8)15-11(2,3)7-16/h6,16H,4-5,7H2,1-3H3,(H,13,14,15). The molecule has 0 atom stereocenters. The molecule has 0 saturated carbocycles. The SMILES string of the molecule is CCCc1cc(Cl)nc(NC(C)(C)CO)n1. The molecule has 0 fully saturated rings. The van der Waals surface area contributed by atoms with Crippen LogP contribution in [-0.4, -0.2) is 27.2 Å². The highest BCUT2D eigenvalue weighted by atomic mass is 35.5. The molecule has 0 saturated heterocycles. The van der Waals surface area contributed by atoms with E-state index in [0.717, 1.165) is 18.5 Å². The van der Waals surface area contributed by atoms with Gasteiger partial charge in [0.25, 0.3) is 0 Å². The van der Waals surface area contributed by atoms with E-state index >= 15 is 0 Å². The molecule has 0 radical (unpaired) electrons. The van der Waals surface area contributed by atoms with Gasteiger partial charge in [0.1, 0.15) is 5.15 Å². The maximum atomic E-state index is 9.15. The van der Waals surface area contributed by atoms with E-state index in [0.29, 0.717) is 11.1 Å². The van der Waals surface area contributed by atoms with Gasteiger partial charge in [0.05, 0.1) is 12.1 Å². The summed E-state index contributed by atoms with van der Waals surface area (Å²) in [6, 6.07) is 1.77. The molecule has 0 spiro atoms. The Morgan fingerprint density at radius 1 is 1.44 bits per heavy atom. The van der Waals surface area contributed by atoms with Crippen LogP contribution in [-0.2, 0) is 6.42 Å². The molecule has 16 heavy (non-hydrogen) atoms. The topological polar surface area (TPSA) is 58.0 Å². The molecule has 0 aliphatic rings. The molecule has 0 aliphatic heterocycles. The lowest BCUT2D eigenvalue weighted by Crippen LogP contribution is -2.35. The van der Waals surface area contributed by atoms with E-state index in [9.17, 15) is 0 Å². The van der Waals surface area contributed by atoms with Crippen LogP contribution in [0.4, 0.5) is 5.95 Å². The van der Waals surface area contributed by atoms with Crippen molar-refractivity contribution in [1.29, 1.82) is 0 Å². The van der Waals surface area contributed by atoms with Crippen molar-refractivity contribution >= 4 is 17.5 Å². The quantitative estimate of drug-likeness (QED) is 0.779. The zero-order valence-corrected chi connectivity index (χ0v) is 10.7. The number of nitrogens with one attached hydrogen (secondary N) is 1. The van der Waals surface area contributed by atoms with Crippen molar-refractivity contribution in [3.05, 3.63) is 16.9 Å². The minimum absolute atomic E-state index is 0.00594. The van der Waals surface area contributed by atoms with E-state index in [4.69, 9.17) is 16.7 Å². The Hall–Kier alpha value is -0.870. The molecule has 2 N–H and O–H groups in total. The second-order valence-electron chi connectivity index (χ2n) is 4.42. The smallest absolute Gasteiger partial charge is 0.224 e. The lowest BCUT2D eigenvalue weighted by Gasteiger charge is -2.23. The lowest BCUT2D eigenvalue weighted by molar-refractivity contribution is 0.233. The molecule has 0 unspecified atom stereocenters. The average Bonchev–Trinajstić information content (AvgIpc) is 2.16. The molecule has 1 aromatic heterocycles. The van der Waals surface area contributed by atoms with Crippen LogP contribution in [0.5, 0.6) is 0 Å². The molecular weight excluding hydrogens is 226 g/mol. The number of aliphatic hydroxyl groups is 1. The van der Waals surface area contributed by atoms with Crippen molar-refractivity contribution in [1.82, 2.24) is 9.97 Å². The average molecular weight is 244 g/mol. The van der Waals surface area contributed by atoms with Gasteiger partial charge in [-0.1, -0.05) is 24.9 Å². The van der Waals surface area contributed by atoms with Crippen LogP contribution in [0.1, 0.15) is 32.9 Å². The highest BCUT2D eigenvalue weighted by Gasteiger charge is 2.17. The van der Waals surface area contributed by atoms with Crippen molar-refractivity contribution in [2.24, 2.45) is 0 Å². The van der Waals surface area contributed by atoms with E-state index in [2.05, 4.69) is 22.2 Å². The lowest BCUT2D eigenvalue weighted by atomic mass is 10.1. The van der Waals surface area contributed by atoms with Crippen molar-refractivity contribution in [3.63, 3.8) is 0 Å². The van der Waals surface area contributed by atoms with Gasteiger partial charge in [-0.3, -0.25) is 0 Å². The maximum Gasteiger partial charge on any atom is 0.224 e. The normalized spacial score (nSPS) is 11.6. The molecule has 1 heterocycles. The summed E-state index contributed by atoms with van der Waals surface area (Å²) in [5.41, 5.74) is 0.465. The number of aromatic nitrogens is 2. The molecule has 1 aromatic rings. The van der Waals surface area contributed by atoms with Crippen LogP contribution < -0.4 is 5.32 Å². The Balaban J connectivity index is 2.87. The fourth-order valence-electron chi connectivity index (χ4n) is 1.25. The minimum Gasteiger partial charge on any atom is -0.394 e. The van der Waals surface area contributed by atoms with Crippen LogP contribution in [0, 0.1) is 0 Å². The van der Waals surface area contributed by atoms with Gasteiger partial charge in [0.15, 0.2) is 0 Å². The van der Waals surface area contributed by atoms with Crippen molar-refractivity contribution in [3.8, 4) is 0 Å². The zero-order chi connectivity index (χ0) is 12.2. The third kappa shape index (κ3) is 3.94. The van der Waals surface area contributed by atoms with Crippen LogP contribution in [0.2, 0.25) is 5.15 Å². The van der Waals surface area contributed by atoms with Crippen LogP contribution >= 0.6 is 11.6 Å². The fraction of sp³-hybridized carbons (Fsp3) is 0.636. The first-order valence-corrected chi connectivity index (χ1v) is 5.77. The summed E-state index contributed by atoms with van der Waals surface area (Å²) in [6.45, 7) is 5.83. The summed E-state index contributed by atoms with van der Waals surface area (Å²) in [4.78, 5) is 8.42. The molecule has 0 amide bonds. The van der Waals surface area contributed by atoms with Crippen LogP contribution in [0.3, 0.4) is 0 Å². The Labute approximate surface area is 101 Å². The number of hydrogen-bond acceptors (Lipinski definition) is 4. The molecule has 90 valence electrons. The maximum absolute atomic E-state index is 9.15. The monoisotopic (exact) mass is 243 g/mol. The van der Waals surface area contributed by atoms with Gasteiger partial charge >= 0.3 is 0 Å². The summed E-state index contributed by atoms with van der Waals surface area (Å²) < 4.78 is 0. The van der Waals surface area contributed by atoms with Gasteiger partial charge < -0.3 is 10.4 Å². The number of anilines is 1. The summed E-state index contributed by atoms with van der Waals surface area (Å²) in [7, 11) is 0. The predicted octanol–water partition coefficient (Wildman–Crippen LogP) is 2.27. The zero-order valence-electron chi connectivity index (χ0n) is 9.92. The molecule has 5 heteroatoms. The van der Waals surface area contributed by atoms with Crippen LogP contribution in [0.25, 0.3) is 0 Å². The van der Waals surface area contributed by atoms with Crippen molar-refractivity contribution < 1.29 is 5.11 Å². The van der Waals surface area contributed by atoms with Gasteiger partial charge in [0.2, 0.25) is 5.95 Å². The second-order valence-corrected chi connectivity index (χ2v) is 4.81. The molecular formula is C11H18ClN3O. The van der Waals surface area contributed by atoms with Gasteiger partial charge in [-0.05, 0) is 26.3 Å². The van der Waals surface area contributed by atoms with Gasteiger partial charge in [-0.2, -0.15) is 0 Å². The molecule has 0 bridgehead atoms. The van der Waals surface area contributed by atoms with E-state index in [-0.39, 0.29) is 6.61 Å². The molecule has 0 aliphatic carbocycles. The van der Waals surface area contributed by atoms with E-state index < -0.39 is 5.54 Å². The highest BCUT2D eigenvalue weighted by molar-refractivity contribution is 6.29. The first-order valence-electron chi connectivity index (χ1n) is 5.39. The molecule has 4 nitrogen and oxygen atoms in total. The fourth-order valence-corrected chi connectivity index (χ4v) is 1.45. The summed E-state index contributed by atoms with van der Waals surface area (Å²) in [5.74, 6) is 0.468. The van der Waals surface area contributed by atoms with E-state index in [1.807, 2.05) is 13.8 Å². The number of aryl methyl sites for hydroxylation is 1. The summed E-state index contributed by atoms with van der Waals surface area (Å²) in [5, 5.41) is 12.6. The third-order valence-electron chi connectivity index (χ3n) is 2.10. The van der Waals surface area contributed by atoms with Crippen molar-refractivity contribution in [2.75, 3.05) is 11.9 Å². The number of nitrogens with zero attached hydrogens (tertiary/aromatic N) is 2. The van der Waals surface area contributed by atoms with E-state index in [1.165, 1.54) is 0 Å². The summed E-state index contributed by atoms with van der Waals surface area (Å²) >= 11 is 5.90. The number of aliphatic hydroxyl groups excluding tert-OH is 1. The largest absolute Gasteiger partial charge is 0.394 e. The first kappa shape index (κ1) is 13.2. The molecule has 1 rings (SSSR count). The number of halogens is 1. The first-order chi connectivity index (χ1) is 7.46. The van der Waals surface area contributed by atoms with E-state index in [1.54, 1.807) is 6.07 Å². The Morgan fingerprint density at radius 3 is 2.69 bits per heavy atom. The van der Waals surface area contributed by atoms with Crippen molar-refractivity contribution in [2.45, 2.75) is 39.2 Å². The Morgan fingerprint density at radius 2 is 2.12 bits per heavy atom.